The molecule has 1 saturated heterocycles. The molecule has 22 heavy (non-hydrogen) atoms. The number of nitrogens with zero attached hydrogens (tertiary/aromatic N) is 4. The predicted octanol–water partition coefficient (Wildman–Crippen LogP) is 1.81. The number of amides is 1. The third kappa shape index (κ3) is 3.67. The van der Waals surface area contributed by atoms with Gasteiger partial charge in [-0.3, -0.25) is 4.79 Å². The van der Waals surface area contributed by atoms with Gasteiger partial charge in [0.2, 0.25) is 6.41 Å². The van der Waals surface area contributed by atoms with Crippen molar-refractivity contribution in [3.05, 3.63) is 11.9 Å². The Hall–Kier alpha value is -1.85. The van der Waals surface area contributed by atoms with Gasteiger partial charge in [-0.15, -0.1) is 0 Å². The number of hydrogen-bond donors (Lipinski definition) is 1. The van der Waals surface area contributed by atoms with Crippen LogP contribution in [0.15, 0.2) is 6.07 Å². The molecule has 1 N–H and O–H groups in total. The highest BCUT2D eigenvalue weighted by Gasteiger charge is 2.19. The third-order valence-corrected chi connectivity index (χ3v) is 4.57. The molecule has 3 rings (SSSR count). The third-order valence-electron chi connectivity index (χ3n) is 4.57. The highest BCUT2D eigenvalue weighted by atomic mass is 16.1. The molecule has 0 radical (unpaired) electrons. The summed E-state index contributed by atoms with van der Waals surface area (Å²) in [5, 5.41) is 3.58. The van der Waals surface area contributed by atoms with Crippen LogP contribution in [0.4, 0.5) is 11.6 Å². The van der Waals surface area contributed by atoms with Gasteiger partial charge in [0.25, 0.3) is 0 Å². The van der Waals surface area contributed by atoms with Crippen LogP contribution in [0.1, 0.15) is 37.9 Å². The second-order valence-corrected chi connectivity index (χ2v) is 6.27. The first-order valence-corrected chi connectivity index (χ1v) is 8.31. The molecule has 1 aromatic heterocycles. The number of piperazine rings is 1. The first-order valence-electron chi connectivity index (χ1n) is 8.31. The van der Waals surface area contributed by atoms with E-state index < -0.39 is 0 Å². The summed E-state index contributed by atoms with van der Waals surface area (Å²) in [4.78, 5) is 24.0. The molecule has 2 aliphatic rings. The van der Waals surface area contributed by atoms with Crippen molar-refractivity contribution in [1.82, 2.24) is 14.9 Å². The van der Waals surface area contributed by atoms with E-state index in [4.69, 9.17) is 0 Å². The van der Waals surface area contributed by atoms with Crippen molar-refractivity contribution >= 4 is 18.0 Å². The molecule has 1 amide bonds. The molecule has 1 saturated carbocycles. The van der Waals surface area contributed by atoms with Gasteiger partial charge in [-0.2, -0.15) is 0 Å². The zero-order valence-electron chi connectivity index (χ0n) is 13.3. The summed E-state index contributed by atoms with van der Waals surface area (Å²) in [6.07, 6.45) is 7.36. The van der Waals surface area contributed by atoms with Crippen LogP contribution in [0.25, 0.3) is 0 Å². The maximum Gasteiger partial charge on any atom is 0.209 e. The molecule has 2 heterocycles. The Morgan fingerprint density at radius 1 is 1.14 bits per heavy atom. The molecule has 1 aromatic rings. The van der Waals surface area contributed by atoms with Crippen LogP contribution in [-0.4, -0.2) is 53.5 Å². The SMILES string of the molecule is Cc1nc(NC2CCCCC2)cc(N2CCN(C=O)CC2)n1. The average Bonchev–Trinajstić information content (AvgIpc) is 2.55. The predicted molar refractivity (Wildman–Crippen MR) is 87.1 cm³/mol. The molecule has 0 bridgehead atoms. The number of nitrogens with one attached hydrogen (secondary N) is 1. The van der Waals surface area contributed by atoms with Crippen LogP contribution < -0.4 is 10.2 Å². The van der Waals surface area contributed by atoms with Gasteiger partial charge in [0.15, 0.2) is 0 Å². The maximum absolute atomic E-state index is 10.8. The summed E-state index contributed by atoms with van der Waals surface area (Å²) in [7, 11) is 0. The van der Waals surface area contributed by atoms with E-state index in [0.29, 0.717) is 6.04 Å². The molecule has 1 aliphatic carbocycles. The molecule has 6 heteroatoms. The molecule has 0 aromatic carbocycles. The van der Waals surface area contributed by atoms with E-state index in [1.54, 1.807) is 0 Å². The van der Waals surface area contributed by atoms with Gasteiger partial charge in [0, 0.05) is 38.3 Å². The molecule has 2 fully saturated rings. The van der Waals surface area contributed by atoms with Crippen molar-refractivity contribution in [2.45, 2.75) is 45.1 Å². The maximum atomic E-state index is 10.8. The topological polar surface area (TPSA) is 61.4 Å². The highest BCUT2D eigenvalue weighted by molar-refractivity contribution is 5.52. The van der Waals surface area contributed by atoms with Crippen LogP contribution in [-0.2, 0) is 4.79 Å². The van der Waals surface area contributed by atoms with Crippen LogP contribution in [0, 0.1) is 6.92 Å². The number of anilines is 2. The summed E-state index contributed by atoms with van der Waals surface area (Å²) in [6, 6.07) is 2.60. The molecule has 0 unspecified atom stereocenters. The van der Waals surface area contributed by atoms with Gasteiger partial charge in [-0.05, 0) is 19.8 Å². The van der Waals surface area contributed by atoms with Gasteiger partial charge < -0.3 is 15.1 Å². The average molecular weight is 303 g/mol. The Bertz CT molecular complexity index is 507. The van der Waals surface area contributed by atoms with E-state index in [-0.39, 0.29) is 0 Å². The van der Waals surface area contributed by atoms with E-state index in [1.165, 1.54) is 32.1 Å². The Kier molecular flexibility index (Phi) is 4.75. The molecule has 120 valence electrons. The van der Waals surface area contributed by atoms with Crippen LogP contribution >= 0.6 is 0 Å². The van der Waals surface area contributed by atoms with Crippen molar-refractivity contribution in [1.29, 1.82) is 0 Å². The monoisotopic (exact) mass is 303 g/mol. The number of carbonyl (C=O) groups is 1. The smallest absolute Gasteiger partial charge is 0.209 e. The summed E-state index contributed by atoms with van der Waals surface area (Å²) >= 11 is 0. The van der Waals surface area contributed by atoms with Crippen LogP contribution in [0.5, 0.6) is 0 Å². The molecular weight excluding hydrogens is 278 g/mol. The second-order valence-electron chi connectivity index (χ2n) is 6.27. The summed E-state index contributed by atoms with van der Waals surface area (Å²) in [5.74, 6) is 2.71. The number of rotatable bonds is 4. The Labute approximate surface area is 131 Å². The first-order chi connectivity index (χ1) is 10.7. The van der Waals surface area contributed by atoms with Gasteiger partial charge in [-0.1, -0.05) is 19.3 Å². The van der Waals surface area contributed by atoms with Crippen molar-refractivity contribution in [2.75, 3.05) is 36.4 Å². The Morgan fingerprint density at radius 3 is 2.55 bits per heavy atom. The number of carbonyl (C=O) groups excluding carboxylic acids is 1. The van der Waals surface area contributed by atoms with Gasteiger partial charge in [-0.25, -0.2) is 9.97 Å². The lowest BCUT2D eigenvalue weighted by molar-refractivity contribution is -0.118. The largest absolute Gasteiger partial charge is 0.367 e. The van der Waals surface area contributed by atoms with Crippen molar-refractivity contribution < 1.29 is 4.79 Å². The number of aryl methyl sites for hydroxylation is 1. The minimum Gasteiger partial charge on any atom is -0.367 e. The van der Waals surface area contributed by atoms with Crippen molar-refractivity contribution in [3.8, 4) is 0 Å². The number of aromatic nitrogens is 2. The Morgan fingerprint density at radius 2 is 1.86 bits per heavy atom. The molecule has 0 atom stereocenters. The lowest BCUT2D eigenvalue weighted by Crippen LogP contribution is -2.46. The van der Waals surface area contributed by atoms with E-state index >= 15 is 0 Å². The normalized spacial score (nSPS) is 20.0. The second kappa shape index (κ2) is 6.94. The fraction of sp³-hybridized carbons (Fsp3) is 0.688. The zero-order valence-corrected chi connectivity index (χ0v) is 13.3. The minimum absolute atomic E-state index is 0.544. The highest BCUT2D eigenvalue weighted by Crippen LogP contribution is 2.23. The van der Waals surface area contributed by atoms with E-state index in [2.05, 4.69) is 26.3 Å². The lowest BCUT2D eigenvalue weighted by Gasteiger charge is -2.33. The van der Waals surface area contributed by atoms with Crippen LogP contribution in [0.3, 0.4) is 0 Å². The van der Waals surface area contributed by atoms with Gasteiger partial charge >= 0.3 is 0 Å². The fourth-order valence-electron chi connectivity index (χ4n) is 3.30. The molecule has 6 nitrogen and oxygen atoms in total. The fourth-order valence-corrected chi connectivity index (χ4v) is 3.30. The van der Waals surface area contributed by atoms with E-state index in [0.717, 1.165) is 50.0 Å². The van der Waals surface area contributed by atoms with Crippen molar-refractivity contribution in [2.24, 2.45) is 0 Å². The van der Waals surface area contributed by atoms with Gasteiger partial charge in [0.05, 0.1) is 0 Å². The molecule has 1 aliphatic heterocycles. The standard InChI is InChI=1S/C16H25N5O/c1-13-17-15(19-14-5-3-2-4-6-14)11-16(18-13)21-9-7-20(12-22)8-10-21/h11-12,14H,2-10H2,1H3,(H,17,18,19). The van der Waals surface area contributed by atoms with Gasteiger partial charge in [0.1, 0.15) is 17.5 Å². The van der Waals surface area contributed by atoms with E-state index in [1.807, 2.05) is 11.8 Å². The minimum atomic E-state index is 0.544. The number of hydrogen-bond acceptors (Lipinski definition) is 5. The quantitative estimate of drug-likeness (QED) is 0.860. The first kappa shape index (κ1) is 15.1. The Balaban J connectivity index is 1.68. The van der Waals surface area contributed by atoms with Crippen molar-refractivity contribution in [3.63, 3.8) is 0 Å². The van der Waals surface area contributed by atoms with E-state index in [9.17, 15) is 4.79 Å². The summed E-state index contributed by atoms with van der Waals surface area (Å²) < 4.78 is 0. The molecular formula is C16H25N5O. The summed E-state index contributed by atoms with van der Waals surface area (Å²) in [6.45, 7) is 5.13. The zero-order chi connectivity index (χ0) is 15.4. The van der Waals surface area contributed by atoms with Crippen LogP contribution in [0.2, 0.25) is 0 Å². The molecule has 0 spiro atoms. The lowest BCUT2D eigenvalue weighted by atomic mass is 9.95. The summed E-state index contributed by atoms with van der Waals surface area (Å²) in [5.41, 5.74) is 0.